The molecule has 88 valence electrons. The van der Waals surface area contributed by atoms with Crippen molar-refractivity contribution in [3.05, 3.63) is 60.7 Å². The molecule has 17 heavy (non-hydrogen) atoms. The number of hydrogen-bond donors (Lipinski definition) is 2. The number of hydrogen-bond acceptors (Lipinski definition) is 4. The largest absolute Gasteiger partial charge is 0.507 e. The summed E-state index contributed by atoms with van der Waals surface area (Å²) in [5, 5.41) is 9.66. The van der Waals surface area contributed by atoms with E-state index in [0.29, 0.717) is 5.57 Å². The average Bonchev–Trinajstić information content (AvgIpc) is 2.35. The van der Waals surface area contributed by atoms with Gasteiger partial charge in [0.1, 0.15) is 5.75 Å². The van der Waals surface area contributed by atoms with E-state index >= 15 is 0 Å². The molecule has 0 unspecified atom stereocenters. The molecule has 0 heterocycles. The van der Waals surface area contributed by atoms with Gasteiger partial charge in [-0.2, -0.15) is 5.90 Å². The summed E-state index contributed by atoms with van der Waals surface area (Å²) >= 11 is 0. The van der Waals surface area contributed by atoms with Crippen LogP contribution in [0.25, 0.3) is 0 Å². The van der Waals surface area contributed by atoms with Crippen LogP contribution in [0.3, 0.4) is 0 Å². The van der Waals surface area contributed by atoms with Gasteiger partial charge in [-0.3, -0.25) is 4.79 Å². The molecule has 0 aliphatic rings. The van der Waals surface area contributed by atoms with Gasteiger partial charge in [-0.15, -0.1) is 0 Å². The van der Waals surface area contributed by atoms with Crippen molar-refractivity contribution >= 4 is 5.78 Å². The number of carbonyl (C=O) groups is 1. The first-order valence-corrected chi connectivity index (χ1v) is 4.83. The van der Waals surface area contributed by atoms with Gasteiger partial charge in [0.2, 0.25) is 0 Å². The quantitative estimate of drug-likeness (QED) is 0.352. The van der Waals surface area contributed by atoms with E-state index < -0.39 is 0 Å². The monoisotopic (exact) mass is 231 g/mol. The third-order valence-corrected chi connectivity index (χ3v) is 2.13. The minimum atomic E-state index is -0.346. The van der Waals surface area contributed by atoms with Crippen molar-refractivity contribution in [1.82, 2.24) is 0 Å². The number of rotatable bonds is 5. The zero-order valence-corrected chi connectivity index (χ0v) is 9.22. The molecule has 1 aromatic rings. The Kier molecular flexibility index (Phi) is 4.25. The maximum absolute atomic E-state index is 12.0. The molecule has 0 aliphatic carbocycles. The molecule has 3 N–H and O–H groups in total. The molecule has 0 aliphatic heterocycles. The Labute approximate surface area is 99.3 Å². The van der Waals surface area contributed by atoms with Crippen LogP contribution in [0.15, 0.2) is 55.2 Å². The summed E-state index contributed by atoms with van der Waals surface area (Å²) in [6.07, 6.45) is 4.39. The number of carbonyl (C=O) groups excluding carboxylic acids is 1. The maximum Gasteiger partial charge on any atom is 0.196 e. The molecule has 4 heteroatoms. The minimum Gasteiger partial charge on any atom is -0.507 e. The highest BCUT2D eigenvalue weighted by Crippen LogP contribution is 2.25. The standard InChI is InChI=1S/C13H13NO3/c1-3-5-9(4-2)13(16)11-7-6-10(17-14)8-12(11)15/h3-8,15H,1-2,14H2/b9-5+. The van der Waals surface area contributed by atoms with Gasteiger partial charge in [0.25, 0.3) is 0 Å². The Hall–Kier alpha value is -2.33. The number of phenols is 1. The van der Waals surface area contributed by atoms with Gasteiger partial charge >= 0.3 is 0 Å². The van der Waals surface area contributed by atoms with Crippen LogP contribution in [0.2, 0.25) is 0 Å². The van der Waals surface area contributed by atoms with Crippen LogP contribution < -0.4 is 10.7 Å². The first-order chi connectivity index (χ1) is 8.13. The highest BCUT2D eigenvalue weighted by Gasteiger charge is 2.14. The van der Waals surface area contributed by atoms with Gasteiger partial charge in [-0.1, -0.05) is 31.4 Å². The molecule has 0 atom stereocenters. The summed E-state index contributed by atoms with van der Waals surface area (Å²) in [5.41, 5.74) is 0.496. The van der Waals surface area contributed by atoms with Crippen LogP contribution in [-0.2, 0) is 0 Å². The second-order valence-electron chi connectivity index (χ2n) is 3.19. The van der Waals surface area contributed by atoms with Gasteiger partial charge in [0.15, 0.2) is 11.5 Å². The number of nitrogens with two attached hydrogens (primary N) is 1. The second kappa shape index (κ2) is 5.67. The Morgan fingerprint density at radius 1 is 1.41 bits per heavy atom. The number of aromatic hydroxyl groups is 1. The first kappa shape index (κ1) is 12.7. The van der Waals surface area contributed by atoms with Crippen LogP contribution in [0.4, 0.5) is 0 Å². The van der Waals surface area contributed by atoms with Crippen molar-refractivity contribution < 1.29 is 14.7 Å². The molecule has 0 saturated carbocycles. The van der Waals surface area contributed by atoms with E-state index in [-0.39, 0.29) is 22.8 Å². The normalized spacial score (nSPS) is 10.8. The van der Waals surface area contributed by atoms with Gasteiger partial charge in [-0.05, 0) is 12.1 Å². The highest BCUT2D eigenvalue weighted by atomic mass is 16.6. The van der Waals surface area contributed by atoms with Gasteiger partial charge < -0.3 is 9.94 Å². The lowest BCUT2D eigenvalue weighted by Crippen LogP contribution is -2.04. The van der Waals surface area contributed by atoms with Gasteiger partial charge in [0, 0.05) is 11.6 Å². The molecule has 1 rings (SSSR count). The fourth-order valence-corrected chi connectivity index (χ4v) is 1.30. The Balaban J connectivity index is 3.16. The SMILES string of the molecule is C=C/C=C(\C=C)C(=O)c1ccc(ON)cc1O. The lowest BCUT2D eigenvalue weighted by molar-refractivity contribution is 0.103. The molecule has 0 bridgehead atoms. The number of allylic oxidation sites excluding steroid dienone is 4. The van der Waals surface area contributed by atoms with Crippen molar-refractivity contribution in [3.8, 4) is 11.5 Å². The van der Waals surface area contributed by atoms with Crippen LogP contribution >= 0.6 is 0 Å². The molecule has 0 fully saturated rings. The van der Waals surface area contributed by atoms with E-state index in [2.05, 4.69) is 18.0 Å². The van der Waals surface area contributed by atoms with Crippen molar-refractivity contribution in [1.29, 1.82) is 0 Å². The summed E-state index contributed by atoms with van der Waals surface area (Å²) in [6, 6.07) is 4.18. The van der Waals surface area contributed by atoms with Crippen LogP contribution in [0.5, 0.6) is 11.5 Å². The molecule has 0 aromatic heterocycles. The predicted molar refractivity (Wildman–Crippen MR) is 65.7 cm³/mol. The first-order valence-electron chi connectivity index (χ1n) is 4.83. The summed E-state index contributed by atoms with van der Waals surface area (Å²) in [6.45, 7) is 7.03. The second-order valence-corrected chi connectivity index (χ2v) is 3.19. The molecular weight excluding hydrogens is 218 g/mol. The van der Waals surface area contributed by atoms with E-state index in [4.69, 9.17) is 5.90 Å². The van der Waals surface area contributed by atoms with Gasteiger partial charge in [0.05, 0.1) is 5.56 Å². The van der Waals surface area contributed by atoms with Crippen molar-refractivity contribution in [2.75, 3.05) is 0 Å². The summed E-state index contributed by atoms with van der Waals surface area (Å²) in [4.78, 5) is 16.4. The molecule has 4 nitrogen and oxygen atoms in total. The lowest BCUT2D eigenvalue weighted by Gasteiger charge is -2.05. The van der Waals surface area contributed by atoms with Crippen molar-refractivity contribution in [2.45, 2.75) is 0 Å². The fraction of sp³-hybridized carbons (Fsp3) is 0. The third kappa shape index (κ3) is 2.83. The van der Waals surface area contributed by atoms with E-state index in [1.165, 1.54) is 36.4 Å². The predicted octanol–water partition coefficient (Wildman–Crippen LogP) is 2.13. The average molecular weight is 231 g/mol. The number of Topliss-reactive ketones (excluding diaryl/α,β-unsaturated/α-hetero) is 1. The van der Waals surface area contributed by atoms with Gasteiger partial charge in [-0.25, -0.2) is 0 Å². The van der Waals surface area contributed by atoms with Crippen LogP contribution in [-0.4, -0.2) is 10.9 Å². The fourth-order valence-electron chi connectivity index (χ4n) is 1.30. The Bertz CT molecular complexity index is 489. The number of phenolic OH excluding ortho intramolecular Hbond substituents is 1. The Morgan fingerprint density at radius 2 is 2.12 bits per heavy atom. The van der Waals surface area contributed by atoms with Crippen molar-refractivity contribution in [3.63, 3.8) is 0 Å². The maximum atomic E-state index is 12.0. The summed E-state index contributed by atoms with van der Waals surface area (Å²) in [5.74, 6) is 4.67. The molecule has 0 radical (unpaired) electrons. The zero-order chi connectivity index (χ0) is 12.8. The summed E-state index contributed by atoms with van der Waals surface area (Å²) < 4.78 is 0. The molecule has 0 spiro atoms. The van der Waals surface area contributed by atoms with Crippen molar-refractivity contribution in [2.24, 2.45) is 5.90 Å². The topological polar surface area (TPSA) is 72.5 Å². The minimum absolute atomic E-state index is 0.152. The van der Waals surface area contributed by atoms with E-state index in [9.17, 15) is 9.90 Å². The number of ketones is 1. The zero-order valence-electron chi connectivity index (χ0n) is 9.22. The third-order valence-electron chi connectivity index (χ3n) is 2.13. The Morgan fingerprint density at radius 3 is 2.59 bits per heavy atom. The molecule has 0 amide bonds. The highest BCUT2D eigenvalue weighted by molar-refractivity contribution is 6.12. The van der Waals surface area contributed by atoms with Crippen LogP contribution in [0.1, 0.15) is 10.4 Å². The molecule has 1 aromatic carbocycles. The van der Waals surface area contributed by atoms with E-state index in [1.807, 2.05) is 0 Å². The van der Waals surface area contributed by atoms with E-state index in [1.54, 1.807) is 0 Å². The molecule has 0 saturated heterocycles. The van der Waals surface area contributed by atoms with E-state index in [0.717, 1.165) is 0 Å². The smallest absolute Gasteiger partial charge is 0.196 e. The summed E-state index contributed by atoms with van der Waals surface area (Å²) in [7, 11) is 0. The molecular formula is C13H13NO3. The number of benzene rings is 1. The van der Waals surface area contributed by atoms with Crippen LogP contribution in [0, 0.1) is 0 Å². The lowest BCUT2D eigenvalue weighted by atomic mass is 10.0.